The van der Waals surface area contributed by atoms with Crippen LogP contribution in [0.1, 0.15) is 0 Å². The predicted octanol–water partition coefficient (Wildman–Crippen LogP) is -1.72. The summed E-state index contributed by atoms with van der Waals surface area (Å²) >= 11 is -3.69. The van der Waals surface area contributed by atoms with Crippen LogP contribution in [0.2, 0.25) is 0 Å². The molecule has 0 heterocycles. The summed E-state index contributed by atoms with van der Waals surface area (Å²) in [5.74, 6) is 0. The summed E-state index contributed by atoms with van der Waals surface area (Å²) in [4.78, 5) is 0. The molecule has 0 amide bonds. The van der Waals surface area contributed by atoms with Gasteiger partial charge in [0.1, 0.15) is 0 Å². The number of rotatable bonds is 0. The Hall–Kier alpha value is 1.92. The molecule has 0 aromatic heterocycles. The molecule has 0 unspecified atom stereocenters. The minimum atomic E-state index is -3.69. The standard InChI is InChI=1S/Ca.Mn.H2O.2O.V.2H/h;;1H2;;;;;/q;;;;;+1;;/p-1. The molecule has 0 aromatic rings. The summed E-state index contributed by atoms with van der Waals surface area (Å²) in [6.45, 7) is 0. The van der Waals surface area contributed by atoms with E-state index in [0.29, 0.717) is 0 Å². The molecule has 0 atom stereocenters. The van der Waals surface area contributed by atoms with E-state index in [4.69, 9.17) is 11.4 Å². The summed E-state index contributed by atoms with van der Waals surface area (Å²) in [6.07, 6.45) is 0. The second-order valence-corrected chi connectivity index (χ2v) is 0.981. The zero-order valence-electron chi connectivity index (χ0n) is 2.09. The molecule has 0 aliphatic heterocycles. The maximum absolute atomic E-state index is 8.67. The third-order valence-electron chi connectivity index (χ3n) is 0. The Labute approximate surface area is 80.3 Å². The monoisotopic (exact) mass is 197 g/mol. The van der Waals surface area contributed by atoms with Gasteiger partial charge in [-0.25, -0.2) is 0 Å². The van der Waals surface area contributed by atoms with Gasteiger partial charge in [-0.1, -0.05) is 0 Å². The van der Waals surface area contributed by atoms with Crippen LogP contribution in [0, 0.1) is 0 Å². The first-order valence-electron chi connectivity index (χ1n) is 0.565. The SMILES string of the molecule is [CaH2].[Mn].[O]=[V](=[O])[OH]. The van der Waals surface area contributed by atoms with Crippen molar-refractivity contribution in [2.45, 2.75) is 0 Å². The van der Waals surface area contributed by atoms with Crippen molar-refractivity contribution >= 4 is 37.7 Å². The molecule has 0 bridgehead atoms. The van der Waals surface area contributed by atoms with Gasteiger partial charge in [0, 0.05) is 17.1 Å². The summed E-state index contributed by atoms with van der Waals surface area (Å²) in [7, 11) is 0. The fourth-order valence-corrected chi connectivity index (χ4v) is 0. The van der Waals surface area contributed by atoms with Crippen LogP contribution in [0.3, 0.4) is 0 Å². The Kier molecular flexibility index (Phi) is 26.2. The first-order valence-corrected chi connectivity index (χ1v) is 2.33. The van der Waals surface area contributed by atoms with Crippen molar-refractivity contribution < 1.29 is 43.8 Å². The summed E-state index contributed by atoms with van der Waals surface area (Å²) in [5, 5.41) is 0. The van der Waals surface area contributed by atoms with Gasteiger partial charge in [0.25, 0.3) is 0 Å². The van der Waals surface area contributed by atoms with Gasteiger partial charge in [0.05, 0.1) is 0 Å². The minimum absolute atomic E-state index is 0. The van der Waals surface area contributed by atoms with Crippen LogP contribution < -0.4 is 0 Å². The van der Waals surface area contributed by atoms with Gasteiger partial charge in [-0.05, 0) is 0 Å². The van der Waals surface area contributed by atoms with Crippen LogP contribution >= 0.6 is 0 Å². The molecule has 1 radical (unpaired) electrons. The second-order valence-electron chi connectivity index (χ2n) is 0.238. The quantitative estimate of drug-likeness (QED) is 0.470. The zero-order valence-corrected chi connectivity index (χ0v) is 4.67. The summed E-state index contributed by atoms with van der Waals surface area (Å²) in [5.41, 5.74) is 0. The number of hydrogen-bond acceptors (Lipinski definition) is 2. The maximum atomic E-state index is 8.67. The molecule has 6 heavy (non-hydrogen) atoms. The van der Waals surface area contributed by atoms with Crippen LogP contribution in [0.15, 0.2) is 0 Å². The van der Waals surface area contributed by atoms with E-state index in [9.17, 15) is 0 Å². The Morgan fingerprint density at radius 2 is 1.33 bits per heavy atom. The van der Waals surface area contributed by atoms with E-state index < -0.39 is 15.4 Å². The molecular weight excluding hydrogens is 194 g/mol. The summed E-state index contributed by atoms with van der Waals surface area (Å²) < 4.78 is 24.4. The van der Waals surface area contributed by atoms with Crippen LogP contribution in [-0.2, 0) is 39.8 Å². The van der Waals surface area contributed by atoms with Crippen molar-refractivity contribution in [2.75, 3.05) is 0 Å². The Bertz CT molecular complexity index is 59.2. The second kappa shape index (κ2) is 10.0. The van der Waals surface area contributed by atoms with Gasteiger partial charge < -0.3 is 0 Å². The fourth-order valence-electron chi connectivity index (χ4n) is 0. The van der Waals surface area contributed by atoms with Crippen molar-refractivity contribution in [2.24, 2.45) is 0 Å². The van der Waals surface area contributed by atoms with Crippen LogP contribution in [-0.4, -0.2) is 41.8 Å². The van der Waals surface area contributed by atoms with Gasteiger partial charge in [-0.3, -0.25) is 0 Å². The molecule has 35 valence electrons. The van der Waals surface area contributed by atoms with E-state index in [1.807, 2.05) is 0 Å². The normalized spacial score (nSPS) is 4.17. The number of hydrogen-bond donors (Lipinski definition) is 1. The Morgan fingerprint density at radius 3 is 1.33 bits per heavy atom. The molecule has 0 aliphatic carbocycles. The van der Waals surface area contributed by atoms with Gasteiger partial charge in [-0.2, -0.15) is 0 Å². The van der Waals surface area contributed by atoms with E-state index in [2.05, 4.69) is 0 Å². The van der Waals surface area contributed by atoms with Crippen molar-refractivity contribution in [3.63, 3.8) is 0 Å². The van der Waals surface area contributed by atoms with Crippen LogP contribution in [0.4, 0.5) is 0 Å². The first kappa shape index (κ1) is 15.7. The van der Waals surface area contributed by atoms with Crippen molar-refractivity contribution in [1.29, 1.82) is 0 Å². The van der Waals surface area contributed by atoms with Crippen molar-refractivity contribution in [3.8, 4) is 0 Å². The first-order chi connectivity index (χ1) is 1.73. The molecule has 0 saturated heterocycles. The Morgan fingerprint density at radius 1 is 1.33 bits per heavy atom. The van der Waals surface area contributed by atoms with E-state index in [1.165, 1.54) is 0 Å². The molecule has 0 saturated carbocycles. The molecule has 3 nitrogen and oxygen atoms in total. The molecule has 0 fully saturated rings. The third-order valence-corrected chi connectivity index (χ3v) is 0. The predicted molar refractivity (Wildman–Crippen MR) is 12.1 cm³/mol. The van der Waals surface area contributed by atoms with E-state index >= 15 is 0 Å². The van der Waals surface area contributed by atoms with E-state index in [-0.39, 0.29) is 54.8 Å². The van der Waals surface area contributed by atoms with Crippen LogP contribution in [0.25, 0.3) is 0 Å². The summed E-state index contributed by atoms with van der Waals surface area (Å²) in [6, 6.07) is 0. The topological polar surface area (TPSA) is 54.4 Å². The van der Waals surface area contributed by atoms with Crippen molar-refractivity contribution in [1.82, 2.24) is 0 Å². The van der Waals surface area contributed by atoms with E-state index in [0.717, 1.165) is 0 Å². The molecule has 0 spiro atoms. The Balaban J connectivity index is -0.0000000450. The van der Waals surface area contributed by atoms with Gasteiger partial charge in [0.2, 0.25) is 0 Å². The average Bonchev–Trinajstić information content (AvgIpc) is 0.811. The van der Waals surface area contributed by atoms with Gasteiger partial charge in [0.15, 0.2) is 0 Å². The molecule has 6 heteroatoms. The van der Waals surface area contributed by atoms with Gasteiger partial charge >= 0.3 is 64.5 Å². The molecule has 0 rings (SSSR count). The van der Waals surface area contributed by atoms with E-state index in [1.54, 1.807) is 0 Å². The zero-order chi connectivity index (χ0) is 3.58. The van der Waals surface area contributed by atoms with Gasteiger partial charge in [-0.15, -0.1) is 0 Å². The average molecular weight is 197 g/mol. The molecule has 1 N–H and O–H groups in total. The third kappa shape index (κ3) is 38.8. The van der Waals surface area contributed by atoms with Crippen molar-refractivity contribution in [3.05, 3.63) is 0 Å². The molecule has 0 aliphatic rings. The molecule has 0 aromatic carbocycles. The van der Waals surface area contributed by atoms with Crippen LogP contribution in [0.5, 0.6) is 0 Å². The fraction of sp³-hybridized carbons (Fsp3) is 0. The molecular formula is H3CaMnO3V.